The van der Waals surface area contributed by atoms with Crippen molar-refractivity contribution in [1.29, 1.82) is 0 Å². The number of anilines is 1. The van der Waals surface area contributed by atoms with E-state index in [0.717, 1.165) is 34.0 Å². The van der Waals surface area contributed by atoms with Crippen molar-refractivity contribution in [2.45, 2.75) is 83.3 Å². The first-order chi connectivity index (χ1) is 23.4. The van der Waals surface area contributed by atoms with E-state index in [9.17, 15) is 18.3 Å². The van der Waals surface area contributed by atoms with Crippen molar-refractivity contribution < 1.29 is 32.5 Å². The van der Waals surface area contributed by atoms with Gasteiger partial charge in [0, 0.05) is 38.0 Å². The van der Waals surface area contributed by atoms with Gasteiger partial charge in [-0.2, -0.15) is 4.31 Å². The second-order valence-electron chi connectivity index (χ2n) is 14.0. The van der Waals surface area contributed by atoms with Crippen LogP contribution in [0.4, 0.5) is 5.13 Å². The van der Waals surface area contributed by atoms with Gasteiger partial charge < -0.3 is 30.0 Å². The van der Waals surface area contributed by atoms with Crippen LogP contribution in [0.25, 0.3) is 10.2 Å². The highest BCUT2D eigenvalue weighted by atomic mass is 32.2. The lowest BCUT2D eigenvalue weighted by Gasteiger charge is -2.35. The molecule has 3 aromatic rings. The summed E-state index contributed by atoms with van der Waals surface area (Å²) >= 11 is 1.42. The number of aromatic nitrogens is 1. The molecule has 1 aromatic heterocycles. The number of rotatable bonds is 17. The van der Waals surface area contributed by atoms with Crippen LogP contribution in [0.1, 0.15) is 53.0 Å². The SMILES string of the molecule is CCN[C@H]1CO[C@@H]2OCCC(OC(=O)C[C@@H](Cc3ccccc3)[C@H](O)CN(CC(C)C)S(=O)(=O)c3ccc4nc(NCC(C)C)sc4c3)[C@@H]21. The number of esters is 1. The number of hydrogen-bond acceptors (Lipinski definition) is 11. The van der Waals surface area contributed by atoms with Crippen molar-refractivity contribution in [3.63, 3.8) is 0 Å². The van der Waals surface area contributed by atoms with Crippen molar-refractivity contribution >= 4 is 42.7 Å². The summed E-state index contributed by atoms with van der Waals surface area (Å²) in [6.07, 6.45) is -1.06. The molecule has 0 bridgehead atoms. The number of benzene rings is 2. The Bertz CT molecular complexity index is 1620. The maximum absolute atomic E-state index is 14.2. The maximum Gasteiger partial charge on any atom is 0.306 e. The van der Waals surface area contributed by atoms with Crippen molar-refractivity contribution in [1.82, 2.24) is 14.6 Å². The van der Waals surface area contributed by atoms with Crippen molar-refractivity contribution in [3.05, 3.63) is 54.1 Å². The van der Waals surface area contributed by atoms with E-state index < -0.39 is 34.3 Å². The largest absolute Gasteiger partial charge is 0.462 e. The molecule has 0 radical (unpaired) electrons. The standard InChI is InChI=1S/C36H52N4O7S2/c1-6-37-29-22-46-35-34(29)31(14-15-45-35)47-33(42)17-26(16-25-10-8-7-9-11-25)30(41)21-40(20-24(4)5)49(43,44)27-12-13-28-32(18-27)48-36(39-28)38-19-23(2)3/h7-13,18,23-24,26,29-31,34-35,37,41H,6,14-17,19-22H2,1-5H3,(H,38,39)/t26-,29+,30-,31?,34+,35+/m1/s1. The van der Waals surface area contributed by atoms with Gasteiger partial charge in [0.15, 0.2) is 11.4 Å². The zero-order valence-electron chi connectivity index (χ0n) is 29.2. The highest BCUT2D eigenvalue weighted by Crippen LogP contribution is 2.34. The summed E-state index contributed by atoms with van der Waals surface area (Å²) in [7, 11) is -4.00. The van der Waals surface area contributed by atoms with Crippen LogP contribution >= 0.6 is 11.3 Å². The zero-order chi connectivity index (χ0) is 35.1. The Balaban J connectivity index is 1.34. The number of ether oxygens (including phenoxy) is 3. The molecule has 0 amide bonds. The third kappa shape index (κ3) is 9.78. The molecule has 3 heterocycles. The fraction of sp³-hybridized carbons (Fsp3) is 0.611. The van der Waals surface area contributed by atoms with Crippen LogP contribution in [0, 0.1) is 23.7 Å². The summed E-state index contributed by atoms with van der Waals surface area (Å²) in [5.74, 6) is -0.696. The second kappa shape index (κ2) is 17.0. The molecular formula is C36H52N4O7S2. The predicted octanol–water partition coefficient (Wildman–Crippen LogP) is 4.90. The fourth-order valence-corrected chi connectivity index (χ4v) is 9.24. The number of aliphatic hydroxyl groups is 1. The molecular weight excluding hydrogens is 665 g/mol. The van der Waals surface area contributed by atoms with Gasteiger partial charge in [-0.05, 0) is 48.6 Å². The zero-order valence-corrected chi connectivity index (χ0v) is 30.8. The van der Waals surface area contributed by atoms with Gasteiger partial charge in [0.25, 0.3) is 0 Å². The number of hydrogen-bond donors (Lipinski definition) is 3. The lowest BCUT2D eigenvalue weighted by Crippen LogP contribution is -2.49. The van der Waals surface area contributed by atoms with Crippen LogP contribution in [0.2, 0.25) is 0 Å². The molecule has 6 atom stereocenters. The monoisotopic (exact) mass is 716 g/mol. The summed E-state index contributed by atoms with van der Waals surface area (Å²) in [5, 5.41) is 19.3. The van der Waals surface area contributed by atoms with Crippen LogP contribution in [-0.4, -0.2) is 92.7 Å². The third-order valence-corrected chi connectivity index (χ3v) is 11.8. The van der Waals surface area contributed by atoms with Gasteiger partial charge in [-0.25, -0.2) is 13.4 Å². The van der Waals surface area contributed by atoms with E-state index in [2.05, 4.69) is 29.5 Å². The molecule has 3 N–H and O–H groups in total. The van der Waals surface area contributed by atoms with Crippen LogP contribution in [0.5, 0.6) is 0 Å². The molecule has 2 fully saturated rings. The Kier molecular flexibility index (Phi) is 13.1. The molecule has 13 heteroatoms. The number of likely N-dealkylation sites (N-methyl/N-ethyl adjacent to an activating group) is 1. The number of fused-ring (bicyclic) bond motifs is 2. The molecule has 1 unspecified atom stereocenters. The van der Waals surface area contributed by atoms with E-state index >= 15 is 0 Å². The Morgan fingerprint density at radius 3 is 2.59 bits per heavy atom. The number of sulfonamides is 1. The van der Waals surface area contributed by atoms with E-state index in [1.807, 2.05) is 51.1 Å². The number of carbonyl (C=O) groups excluding carboxylic acids is 1. The second-order valence-corrected chi connectivity index (χ2v) is 17.0. The topological polar surface area (TPSA) is 139 Å². The van der Waals surface area contributed by atoms with Crippen molar-refractivity contribution in [2.24, 2.45) is 23.7 Å². The summed E-state index contributed by atoms with van der Waals surface area (Å²) in [4.78, 5) is 18.3. The van der Waals surface area contributed by atoms with Crippen molar-refractivity contribution in [3.8, 4) is 0 Å². The summed E-state index contributed by atoms with van der Waals surface area (Å²) in [6, 6.07) is 14.6. The minimum Gasteiger partial charge on any atom is -0.462 e. The first-order valence-corrected chi connectivity index (χ1v) is 19.7. The Labute approximate surface area is 294 Å². The van der Waals surface area contributed by atoms with Gasteiger partial charge in [-0.15, -0.1) is 0 Å². The fourth-order valence-electron chi connectivity index (χ4n) is 6.60. The molecule has 2 aliphatic heterocycles. The van der Waals surface area contributed by atoms with Crippen LogP contribution in [0.3, 0.4) is 0 Å². The molecule has 2 aromatic carbocycles. The van der Waals surface area contributed by atoms with E-state index in [1.54, 1.807) is 18.2 Å². The summed E-state index contributed by atoms with van der Waals surface area (Å²) in [6.45, 7) is 12.6. The van der Waals surface area contributed by atoms with Gasteiger partial charge in [-0.1, -0.05) is 76.3 Å². The number of carbonyl (C=O) groups is 1. The quantitative estimate of drug-likeness (QED) is 0.165. The smallest absolute Gasteiger partial charge is 0.306 e. The Hall–Kier alpha value is -2.65. The molecule has 2 saturated heterocycles. The van der Waals surface area contributed by atoms with E-state index in [0.29, 0.717) is 32.0 Å². The molecule has 0 aliphatic carbocycles. The average Bonchev–Trinajstić information content (AvgIpc) is 3.67. The number of nitrogens with one attached hydrogen (secondary N) is 2. The normalized spacial score (nSPS) is 22.5. The Morgan fingerprint density at radius 1 is 1.10 bits per heavy atom. The maximum atomic E-state index is 14.2. The molecule has 11 nitrogen and oxygen atoms in total. The number of nitrogens with zero attached hydrogens (tertiary/aromatic N) is 2. The predicted molar refractivity (Wildman–Crippen MR) is 192 cm³/mol. The molecule has 0 spiro atoms. The first kappa shape index (κ1) is 37.6. The van der Waals surface area contributed by atoms with Crippen LogP contribution in [0.15, 0.2) is 53.4 Å². The van der Waals surface area contributed by atoms with E-state index in [1.165, 1.54) is 15.6 Å². The molecule has 0 saturated carbocycles. The van der Waals surface area contributed by atoms with Gasteiger partial charge >= 0.3 is 5.97 Å². The lowest BCUT2D eigenvalue weighted by atomic mass is 9.89. The summed E-state index contributed by atoms with van der Waals surface area (Å²) < 4.78 is 48.2. The van der Waals surface area contributed by atoms with Crippen LogP contribution < -0.4 is 10.6 Å². The highest BCUT2D eigenvalue weighted by Gasteiger charge is 2.47. The number of aliphatic hydroxyl groups excluding tert-OH is 1. The van der Waals surface area contributed by atoms with Gasteiger partial charge in [-0.3, -0.25) is 4.79 Å². The highest BCUT2D eigenvalue weighted by molar-refractivity contribution is 7.89. The van der Waals surface area contributed by atoms with E-state index in [-0.39, 0.29) is 48.4 Å². The Morgan fingerprint density at radius 2 is 1.88 bits per heavy atom. The lowest BCUT2D eigenvalue weighted by molar-refractivity contribution is -0.196. The van der Waals surface area contributed by atoms with Gasteiger partial charge in [0.2, 0.25) is 10.0 Å². The van der Waals surface area contributed by atoms with Gasteiger partial charge in [0.05, 0.1) is 46.8 Å². The van der Waals surface area contributed by atoms with Gasteiger partial charge in [0.1, 0.15) is 6.10 Å². The molecule has 2 aliphatic rings. The van der Waals surface area contributed by atoms with Crippen molar-refractivity contribution in [2.75, 3.05) is 44.7 Å². The first-order valence-electron chi connectivity index (χ1n) is 17.5. The molecule has 5 rings (SSSR count). The minimum atomic E-state index is -4.00. The molecule has 270 valence electrons. The third-order valence-electron chi connectivity index (χ3n) is 9.01. The van der Waals surface area contributed by atoms with Crippen LogP contribution in [-0.2, 0) is 35.4 Å². The number of thiazole rings is 1. The minimum absolute atomic E-state index is 0.00161. The van der Waals surface area contributed by atoms with E-state index in [4.69, 9.17) is 14.2 Å². The summed E-state index contributed by atoms with van der Waals surface area (Å²) in [5.41, 5.74) is 1.67. The molecule has 49 heavy (non-hydrogen) atoms. The average molecular weight is 717 g/mol.